The number of aromatic nitrogens is 1. The van der Waals surface area contributed by atoms with Crippen molar-refractivity contribution in [2.75, 3.05) is 0 Å². The van der Waals surface area contributed by atoms with Crippen molar-refractivity contribution in [1.82, 2.24) is 4.57 Å². The van der Waals surface area contributed by atoms with Gasteiger partial charge in [0.1, 0.15) is 5.75 Å². The van der Waals surface area contributed by atoms with Gasteiger partial charge >= 0.3 is 5.97 Å². The molecule has 1 aromatic heterocycles. The largest absolute Gasteiger partial charge is 0.507 e. The number of fused-ring (bicyclic) bond motifs is 1. The van der Waals surface area contributed by atoms with E-state index < -0.39 is 5.97 Å². The SMILES string of the molecule is CCn1c(CC(=O)O)cc2c(O)cccc21. The molecule has 2 N–H and O–H groups in total. The van der Waals surface area contributed by atoms with Gasteiger partial charge in [-0.15, -0.1) is 0 Å². The monoisotopic (exact) mass is 219 g/mol. The van der Waals surface area contributed by atoms with E-state index in [2.05, 4.69) is 0 Å². The second-order valence-electron chi connectivity index (χ2n) is 3.66. The van der Waals surface area contributed by atoms with Crippen LogP contribution in [0.25, 0.3) is 10.9 Å². The van der Waals surface area contributed by atoms with E-state index >= 15 is 0 Å². The minimum absolute atomic E-state index is 0.0258. The van der Waals surface area contributed by atoms with E-state index in [1.807, 2.05) is 17.6 Å². The summed E-state index contributed by atoms with van der Waals surface area (Å²) < 4.78 is 1.91. The van der Waals surface area contributed by atoms with Crippen LogP contribution in [-0.2, 0) is 17.8 Å². The molecule has 1 aromatic carbocycles. The average molecular weight is 219 g/mol. The zero-order valence-corrected chi connectivity index (χ0v) is 8.97. The first-order valence-corrected chi connectivity index (χ1v) is 5.15. The molecule has 16 heavy (non-hydrogen) atoms. The van der Waals surface area contributed by atoms with Crippen molar-refractivity contribution < 1.29 is 15.0 Å². The topological polar surface area (TPSA) is 62.5 Å². The van der Waals surface area contributed by atoms with Crippen molar-refractivity contribution >= 4 is 16.9 Å². The van der Waals surface area contributed by atoms with Gasteiger partial charge in [-0.2, -0.15) is 0 Å². The third kappa shape index (κ3) is 1.62. The highest BCUT2D eigenvalue weighted by molar-refractivity contribution is 5.88. The van der Waals surface area contributed by atoms with Crippen molar-refractivity contribution in [2.45, 2.75) is 19.9 Å². The minimum Gasteiger partial charge on any atom is -0.507 e. The molecule has 0 fully saturated rings. The van der Waals surface area contributed by atoms with E-state index in [-0.39, 0.29) is 12.2 Å². The first kappa shape index (κ1) is 10.5. The molecule has 0 amide bonds. The molecule has 0 unspecified atom stereocenters. The molecule has 0 spiro atoms. The first-order valence-electron chi connectivity index (χ1n) is 5.15. The van der Waals surface area contributed by atoms with Crippen LogP contribution in [0, 0.1) is 0 Å². The van der Waals surface area contributed by atoms with Crippen LogP contribution in [0.2, 0.25) is 0 Å². The molecule has 2 aromatic rings. The summed E-state index contributed by atoms with van der Waals surface area (Å²) in [4.78, 5) is 10.7. The second-order valence-corrected chi connectivity index (χ2v) is 3.66. The van der Waals surface area contributed by atoms with E-state index in [0.717, 1.165) is 5.52 Å². The van der Waals surface area contributed by atoms with Gasteiger partial charge in [0.05, 0.1) is 11.9 Å². The van der Waals surface area contributed by atoms with Crippen molar-refractivity contribution in [3.05, 3.63) is 30.0 Å². The van der Waals surface area contributed by atoms with Crippen molar-refractivity contribution in [2.24, 2.45) is 0 Å². The van der Waals surface area contributed by atoms with E-state index in [9.17, 15) is 9.90 Å². The normalized spacial score (nSPS) is 10.8. The molecule has 0 aliphatic carbocycles. The summed E-state index contributed by atoms with van der Waals surface area (Å²) in [5.41, 5.74) is 1.59. The van der Waals surface area contributed by atoms with Crippen molar-refractivity contribution in [3.63, 3.8) is 0 Å². The number of carbonyl (C=O) groups is 1. The minimum atomic E-state index is -0.864. The Balaban J connectivity index is 2.66. The lowest BCUT2D eigenvalue weighted by molar-refractivity contribution is -0.136. The smallest absolute Gasteiger partial charge is 0.309 e. The predicted octanol–water partition coefficient (Wildman–Crippen LogP) is 1.99. The van der Waals surface area contributed by atoms with Gasteiger partial charge in [0.15, 0.2) is 0 Å². The van der Waals surface area contributed by atoms with E-state index in [4.69, 9.17) is 5.11 Å². The Labute approximate surface area is 92.7 Å². The van der Waals surface area contributed by atoms with E-state index in [1.165, 1.54) is 0 Å². The summed E-state index contributed by atoms with van der Waals surface area (Å²) in [7, 11) is 0. The number of aliphatic carboxylic acids is 1. The lowest BCUT2D eigenvalue weighted by Gasteiger charge is -2.05. The Bertz CT molecular complexity index is 542. The summed E-state index contributed by atoms with van der Waals surface area (Å²) in [6, 6.07) is 6.98. The van der Waals surface area contributed by atoms with Gasteiger partial charge in [-0.25, -0.2) is 0 Å². The van der Waals surface area contributed by atoms with Crippen LogP contribution in [0.4, 0.5) is 0 Å². The number of rotatable bonds is 3. The third-order valence-corrected chi connectivity index (χ3v) is 2.66. The zero-order valence-electron chi connectivity index (χ0n) is 8.97. The maximum Gasteiger partial charge on any atom is 0.309 e. The number of aryl methyl sites for hydroxylation is 1. The third-order valence-electron chi connectivity index (χ3n) is 2.66. The van der Waals surface area contributed by atoms with Crippen LogP contribution < -0.4 is 0 Å². The van der Waals surface area contributed by atoms with Gasteiger partial charge in [0.25, 0.3) is 0 Å². The molecule has 0 radical (unpaired) electrons. The van der Waals surface area contributed by atoms with Crippen LogP contribution in [-0.4, -0.2) is 20.7 Å². The Morgan fingerprint density at radius 2 is 2.19 bits per heavy atom. The molecule has 4 heteroatoms. The summed E-state index contributed by atoms with van der Waals surface area (Å²) in [5, 5.41) is 19.2. The molecule has 0 saturated heterocycles. The van der Waals surface area contributed by atoms with Gasteiger partial charge in [-0.1, -0.05) is 6.07 Å². The molecular formula is C12H13NO3. The number of carboxylic acid groups (broad SMARTS) is 1. The Hall–Kier alpha value is -1.97. The molecule has 0 bridgehead atoms. The summed E-state index contributed by atoms with van der Waals surface area (Å²) in [6.45, 7) is 2.64. The standard InChI is InChI=1S/C12H13NO3/c1-2-13-8(7-12(15)16)6-9-10(13)4-3-5-11(9)14/h3-6,14H,2,7H2,1H3,(H,15,16). The fourth-order valence-electron chi connectivity index (χ4n) is 2.00. The molecule has 4 nitrogen and oxygen atoms in total. The predicted molar refractivity (Wildman–Crippen MR) is 60.6 cm³/mol. The summed E-state index contributed by atoms with van der Waals surface area (Å²) >= 11 is 0. The molecule has 0 atom stereocenters. The van der Waals surface area contributed by atoms with Gasteiger partial charge in [-0.3, -0.25) is 4.79 Å². The van der Waals surface area contributed by atoms with E-state index in [0.29, 0.717) is 17.6 Å². The van der Waals surface area contributed by atoms with Crippen LogP contribution in [0.5, 0.6) is 5.75 Å². The molecule has 84 valence electrons. The van der Waals surface area contributed by atoms with Gasteiger partial charge in [0, 0.05) is 17.6 Å². The number of phenolic OH excluding ortho intramolecular Hbond substituents is 1. The highest BCUT2D eigenvalue weighted by atomic mass is 16.4. The van der Waals surface area contributed by atoms with Crippen LogP contribution in [0.1, 0.15) is 12.6 Å². The van der Waals surface area contributed by atoms with Gasteiger partial charge in [0.2, 0.25) is 0 Å². The molecule has 1 heterocycles. The fraction of sp³-hybridized carbons (Fsp3) is 0.250. The summed E-state index contributed by atoms with van der Waals surface area (Å²) in [6.07, 6.45) is -0.0258. The van der Waals surface area contributed by atoms with Gasteiger partial charge < -0.3 is 14.8 Å². The highest BCUT2D eigenvalue weighted by Gasteiger charge is 2.12. The summed E-state index contributed by atoms with van der Waals surface area (Å²) in [5.74, 6) is -0.673. The van der Waals surface area contributed by atoms with Crippen LogP contribution in [0.15, 0.2) is 24.3 Å². The number of hydrogen-bond acceptors (Lipinski definition) is 2. The zero-order chi connectivity index (χ0) is 11.7. The molecule has 0 saturated carbocycles. The highest BCUT2D eigenvalue weighted by Crippen LogP contribution is 2.28. The lowest BCUT2D eigenvalue weighted by Crippen LogP contribution is -2.06. The molecule has 0 aliphatic rings. The number of carboxylic acids is 1. The first-order chi connectivity index (χ1) is 7.63. The van der Waals surface area contributed by atoms with Crippen LogP contribution >= 0.6 is 0 Å². The number of hydrogen-bond donors (Lipinski definition) is 2. The quantitative estimate of drug-likeness (QED) is 0.829. The maximum atomic E-state index is 10.7. The second kappa shape index (κ2) is 3.89. The number of nitrogens with zero attached hydrogens (tertiary/aromatic N) is 1. The Morgan fingerprint density at radius 1 is 1.44 bits per heavy atom. The average Bonchev–Trinajstić information content (AvgIpc) is 2.56. The number of phenols is 1. The molecule has 0 aliphatic heterocycles. The number of aromatic hydroxyl groups is 1. The van der Waals surface area contributed by atoms with Crippen LogP contribution in [0.3, 0.4) is 0 Å². The lowest BCUT2D eigenvalue weighted by atomic mass is 10.2. The van der Waals surface area contributed by atoms with E-state index in [1.54, 1.807) is 18.2 Å². The number of benzene rings is 1. The van der Waals surface area contributed by atoms with Gasteiger partial charge in [-0.05, 0) is 25.1 Å². The maximum absolute atomic E-state index is 10.7. The fourth-order valence-corrected chi connectivity index (χ4v) is 2.00. The molecule has 2 rings (SSSR count). The Morgan fingerprint density at radius 3 is 2.81 bits per heavy atom. The molecular weight excluding hydrogens is 206 g/mol. The van der Waals surface area contributed by atoms with Crippen molar-refractivity contribution in [1.29, 1.82) is 0 Å². The van der Waals surface area contributed by atoms with Crippen molar-refractivity contribution in [3.8, 4) is 5.75 Å². The Kier molecular flexibility index (Phi) is 2.56.